The molecule has 5 heteroatoms. The minimum Gasteiger partial charge on any atom is -0.370 e. The molecule has 3 rings (SSSR count). The van der Waals surface area contributed by atoms with Crippen LogP contribution in [0.4, 0.5) is 5.69 Å². The second kappa shape index (κ2) is 8.46. The lowest BCUT2D eigenvalue weighted by molar-refractivity contribution is 0.663. The molecule has 1 heterocycles. The number of halogens is 1. The lowest BCUT2D eigenvalue weighted by Crippen LogP contribution is -2.22. The van der Waals surface area contributed by atoms with Gasteiger partial charge in [0.15, 0.2) is 5.96 Å². The Morgan fingerprint density at radius 1 is 1.12 bits per heavy atom. The zero-order valence-corrected chi connectivity index (χ0v) is 16.6. The number of nitrogens with zero attached hydrogens (tertiary/aromatic N) is 2. The first-order chi connectivity index (χ1) is 11.1. The van der Waals surface area contributed by atoms with E-state index >= 15 is 0 Å². The predicted octanol–water partition coefficient (Wildman–Crippen LogP) is 4.12. The van der Waals surface area contributed by atoms with Gasteiger partial charge in [0.1, 0.15) is 0 Å². The zero-order chi connectivity index (χ0) is 16.2. The normalized spacial score (nSPS) is 13.8. The summed E-state index contributed by atoms with van der Waals surface area (Å²) in [5, 5.41) is 3.16. The van der Waals surface area contributed by atoms with Crippen LogP contribution in [0.15, 0.2) is 35.3 Å². The van der Waals surface area contributed by atoms with E-state index in [0.717, 1.165) is 24.2 Å². The van der Waals surface area contributed by atoms with E-state index < -0.39 is 0 Å². The maximum absolute atomic E-state index is 6.00. The third kappa shape index (κ3) is 4.93. The number of pyridine rings is 1. The number of hydrogen-bond acceptors (Lipinski definition) is 2. The van der Waals surface area contributed by atoms with E-state index in [1.165, 1.54) is 35.2 Å². The first-order valence-corrected chi connectivity index (χ1v) is 8.23. The van der Waals surface area contributed by atoms with Gasteiger partial charge in [0.2, 0.25) is 0 Å². The van der Waals surface area contributed by atoms with Crippen molar-refractivity contribution in [2.75, 3.05) is 5.32 Å². The minimum absolute atomic E-state index is 0. The molecule has 0 bridgehead atoms. The van der Waals surface area contributed by atoms with Gasteiger partial charge in [-0.1, -0.05) is 12.1 Å². The minimum atomic E-state index is 0. The lowest BCUT2D eigenvalue weighted by atomic mass is 9.96. The standard InChI is InChI=1S/C19H24N4.HI/c1-13-9-14(2)11-17(10-13)23-19(20)21-12-16-8-7-15-5-3-4-6-18(15)22-16;/h7-11H,3-6,12H2,1-2H3,(H3,20,21,23);1H. The Morgan fingerprint density at radius 3 is 2.58 bits per heavy atom. The maximum atomic E-state index is 6.00. The Balaban J connectivity index is 0.00000208. The summed E-state index contributed by atoms with van der Waals surface area (Å²) in [6.45, 7) is 4.65. The fourth-order valence-electron chi connectivity index (χ4n) is 3.12. The Hall–Kier alpha value is -1.63. The quantitative estimate of drug-likeness (QED) is 0.432. The van der Waals surface area contributed by atoms with Crippen molar-refractivity contribution in [2.24, 2.45) is 10.7 Å². The molecule has 0 fully saturated rings. The molecule has 0 spiro atoms. The molecule has 0 saturated heterocycles. The third-order valence-corrected chi connectivity index (χ3v) is 4.14. The molecular formula is C19H25IN4. The predicted molar refractivity (Wildman–Crippen MR) is 111 cm³/mol. The van der Waals surface area contributed by atoms with Gasteiger partial charge < -0.3 is 11.1 Å². The van der Waals surface area contributed by atoms with E-state index in [1.807, 2.05) is 0 Å². The lowest BCUT2D eigenvalue weighted by Gasteiger charge is -2.15. The van der Waals surface area contributed by atoms with Crippen LogP contribution in [-0.2, 0) is 19.4 Å². The number of fused-ring (bicyclic) bond motifs is 1. The van der Waals surface area contributed by atoms with Gasteiger partial charge in [-0.2, -0.15) is 0 Å². The van der Waals surface area contributed by atoms with Gasteiger partial charge >= 0.3 is 0 Å². The summed E-state index contributed by atoms with van der Waals surface area (Å²) in [5.74, 6) is 0.425. The number of anilines is 1. The summed E-state index contributed by atoms with van der Waals surface area (Å²) in [7, 11) is 0. The smallest absolute Gasteiger partial charge is 0.193 e. The first-order valence-electron chi connectivity index (χ1n) is 8.23. The fourth-order valence-corrected chi connectivity index (χ4v) is 3.12. The molecule has 128 valence electrons. The summed E-state index contributed by atoms with van der Waals surface area (Å²) in [4.78, 5) is 9.15. The number of nitrogens with two attached hydrogens (primary N) is 1. The van der Waals surface area contributed by atoms with Crippen LogP contribution >= 0.6 is 24.0 Å². The van der Waals surface area contributed by atoms with Crippen molar-refractivity contribution in [3.63, 3.8) is 0 Å². The van der Waals surface area contributed by atoms with Crippen LogP contribution in [0.2, 0.25) is 0 Å². The van der Waals surface area contributed by atoms with E-state index in [9.17, 15) is 0 Å². The molecule has 0 radical (unpaired) electrons. The van der Waals surface area contributed by atoms with Crippen molar-refractivity contribution < 1.29 is 0 Å². The van der Waals surface area contributed by atoms with Crippen LogP contribution in [-0.4, -0.2) is 10.9 Å². The molecule has 3 N–H and O–H groups in total. The molecule has 0 atom stereocenters. The second-order valence-electron chi connectivity index (χ2n) is 6.32. The zero-order valence-electron chi connectivity index (χ0n) is 14.3. The van der Waals surface area contributed by atoms with Crippen molar-refractivity contribution in [2.45, 2.75) is 46.1 Å². The molecule has 0 saturated carbocycles. The highest BCUT2D eigenvalue weighted by molar-refractivity contribution is 14.0. The number of rotatable bonds is 3. The van der Waals surface area contributed by atoms with Gasteiger partial charge in [0.25, 0.3) is 0 Å². The Kier molecular flexibility index (Phi) is 6.60. The van der Waals surface area contributed by atoms with Crippen LogP contribution in [0.5, 0.6) is 0 Å². The number of aliphatic imine (C=N–C) groups is 1. The van der Waals surface area contributed by atoms with Gasteiger partial charge in [-0.05, 0) is 74.4 Å². The van der Waals surface area contributed by atoms with E-state index in [1.54, 1.807) is 0 Å². The van der Waals surface area contributed by atoms with Crippen molar-refractivity contribution in [1.82, 2.24) is 4.98 Å². The Bertz CT molecular complexity index is 720. The molecular weight excluding hydrogens is 411 g/mol. The number of benzene rings is 1. The van der Waals surface area contributed by atoms with E-state index in [-0.39, 0.29) is 24.0 Å². The molecule has 1 aliphatic carbocycles. The van der Waals surface area contributed by atoms with Crippen LogP contribution in [0.1, 0.15) is 40.9 Å². The highest BCUT2D eigenvalue weighted by atomic mass is 127. The number of aryl methyl sites for hydroxylation is 4. The van der Waals surface area contributed by atoms with Gasteiger partial charge in [0, 0.05) is 11.4 Å². The first kappa shape index (κ1) is 18.7. The van der Waals surface area contributed by atoms with Crippen molar-refractivity contribution in [1.29, 1.82) is 0 Å². The number of guanidine groups is 1. The van der Waals surface area contributed by atoms with Gasteiger partial charge in [0.05, 0.1) is 12.2 Å². The van der Waals surface area contributed by atoms with Crippen LogP contribution < -0.4 is 11.1 Å². The molecule has 4 nitrogen and oxygen atoms in total. The summed E-state index contributed by atoms with van der Waals surface area (Å²) in [6, 6.07) is 10.5. The summed E-state index contributed by atoms with van der Waals surface area (Å²) < 4.78 is 0. The third-order valence-electron chi connectivity index (χ3n) is 4.14. The molecule has 0 unspecified atom stereocenters. The van der Waals surface area contributed by atoms with Gasteiger partial charge in [-0.3, -0.25) is 4.98 Å². The molecule has 0 aliphatic heterocycles. The average molecular weight is 436 g/mol. The highest BCUT2D eigenvalue weighted by Gasteiger charge is 2.10. The summed E-state index contributed by atoms with van der Waals surface area (Å²) >= 11 is 0. The second-order valence-corrected chi connectivity index (χ2v) is 6.32. The largest absolute Gasteiger partial charge is 0.370 e. The van der Waals surface area contributed by atoms with Crippen molar-refractivity contribution in [3.05, 3.63) is 58.4 Å². The fraction of sp³-hybridized carbons (Fsp3) is 0.368. The Morgan fingerprint density at radius 2 is 1.83 bits per heavy atom. The number of nitrogens with one attached hydrogen (secondary N) is 1. The molecule has 1 aliphatic rings. The molecule has 1 aromatic heterocycles. The van der Waals surface area contributed by atoms with E-state index in [0.29, 0.717) is 12.5 Å². The highest BCUT2D eigenvalue weighted by Crippen LogP contribution is 2.19. The average Bonchev–Trinajstić information content (AvgIpc) is 2.52. The Labute approximate surface area is 161 Å². The summed E-state index contributed by atoms with van der Waals surface area (Å²) in [5.41, 5.74) is 13.0. The van der Waals surface area contributed by atoms with Gasteiger partial charge in [-0.15, -0.1) is 24.0 Å². The summed E-state index contributed by atoms with van der Waals surface area (Å²) in [6.07, 6.45) is 4.76. The molecule has 1 aromatic carbocycles. The maximum Gasteiger partial charge on any atom is 0.193 e. The molecule has 0 amide bonds. The van der Waals surface area contributed by atoms with Crippen molar-refractivity contribution >= 4 is 35.6 Å². The van der Waals surface area contributed by atoms with E-state index in [4.69, 9.17) is 10.7 Å². The molecule has 24 heavy (non-hydrogen) atoms. The van der Waals surface area contributed by atoms with Crippen LogP contribution in [0.3, 0.4) is 0 Å². The van der Waals surface area contributed by atoms with E-state index in [2.05, 4.69) is 54.5 Å². The number of aromatic nitrogens is 1. The van der Waals surface area contributed by atoms with Gasteiger partial charge in [-0.25, -0.2) is 4.99 Å². The van der Waals surface area contributed by atoms with Crippen LogP contribution in [0, 0.1) is 13.8 Å². The monoisotopic (exact) mass is 436 g/mol. The topological polar surface area (TPSA) is 63.3 Å². The molecule has 2 aromatic rings. The van der Waals surface area contributed by atoms with Crippen LogP contribution in [0.25, 0.3) is 0 Å². The number of hydrogen-bond donors (Lipinski definition) is 2. The van der Waals surface area contributed by atoms with Crippen molar-refractivity contribution in [3.8, 4) is 0 Å². The SMILES string of the molecule is Cc1cc(C)cc(NC(N)=NCc2ccc3c(n2)CCCC3)c1.I.